The fourth-order valence-electron chi connectivity index (χ4n) is 3.39. The summed E-state index contributed by atoms with van der Waals surface area (Å²) in [4.78, 5) is 26.4. The molecule has 2 N–H and O–H groups in total. The molecule has 5 nitrogen and oxygen atoms in total. The molecule has 0 saturated carbocycles. The Balaban J connectivity index is 2.22. The van der Waals surface area contributed by atoms with Gasteiger partial charge in [0.15, 0.2) is 0 Å². The lowest BCUT2D eigenvalue weighted by Gasteiger charge is -2.37. The minimum Gasteiger partial charge on any atom is -0.343 e. The van der Waals surface area contributed by atoms with E-state index in [1.54, 1.807) is 11.5 Å². The third-order valence-electron chi connectivity index (χ3n) is 4.78. The summed E-state index contributed by atoms with van der Waals surface area (Å²) in [5, 5.41) is 8.74. The van der Waals surface area contributed by atoms with E-state index in [4.69, 9.17) is 5.21 Å². The Morgan fingerprint density at radius 1 is 1.30 bits per heavy atom. The van der Waals surface area contributed by atoms with E-state index in [2.05, 4.69) is 6.92 Å². The number of carbonyl (C=O) groups excluding carboxylic acids is 2. The molecule has 126 valence electrons. The summed E-state index contributed by atoms with van der Waals surface area (Å²) in [5.74, 6) is -0.276. The van der Waals surface area contributed by atoms with Crippen molar-refractivity contribution in [2.24, 2.45) is 5.41 Å². The number of hydrogen-bond donors (Lipinski definition) is 2. The summed E-state index contributed by atoms with van der Waals surface area (Å²) in [6.07, 6.45) is 3.21. The van der Waals surface area contributed by atoms with E-state index < -0.39 is 5.91 Å². The van der Waals surface area contributed by atoms with Crippen LogP contribution in [0.25, 0.3) is 0 Å². The van der Waals surface area contributed by atoms with Gasteiger partial charge in [0.2, 0.25) is 5.91 Å². The molecule has 2 rings (SSSR count). The first-order valence-electron chi connectivity index (χ1n) is 8.30. The molecule has 1 atom stereocenters. The van der Waals surface area contributed by atoms with Crippen LogP contribution in [0.15, 0.2) is 18.2 Å². The van der Waals surface area contributed by atoms with Crippen molar-refractivity contribution in [2.75, 3.05) is 13.1 Å². The minimum atomic E-state index is -0.502. The molecule has 1 unspecified atom stereocenters. The third kappa shape index (κ3) is 3.55. The molecule has 1 aromatic carbocycles. The van der Waals surface area contributed by atoms with Crippen molar-refractivity contribution in [2.45, 2.75) is 46.5 Å². The Morgan fingerprint density at radius 2 is 2.04 bits per heavy atom. The Bertz CT molecular complexity index is 600. The van der Waals surface area contributed by atoms with Crippen LogP contribution in [0, 0.1) is 5.41 Å². The van der Waals surface area contributed by atoms with Gasteiger partial charge >= 0.3 is 0 Å². The summed E-state index contributed by atoms with van der Waals surface area (Å²) in [7, 11) is 0. The quantitative estimate of drug-likeness (QED) is 0.647. The van der Waals surface area contributed by atoms with Crippen LogP contribution >= 0.6 is 0 Å². The molecule has 0 saturated heterocycles. The molecule has 23 heavy (non-hydrogen) atoms. The van der Waals surface area contributed by atoms with Crippen molar-refractivity contribution >= 4 is 11.8 Å². The fraction of sp³-hybridized carbons (Fsp3) is 0.556. The fourth-order valence-corrected chi connectivity index (χ4v) is 3.39. The maximum absolute atomic E-state index is 12.9. The summed E-state index contributed by atoms with van der Waals surface area (Å²) >= 11 is 0. The topological polar surface area (TPSA) is 69.6 Å². The van der Waals surface area contributed by atoms with Gasteiger partial charge in [-0.25, -0.2) is 5.48 Å². The predicted molar refractivity (Wildman–Crippen MR) is 88.4 cm³/mol. The molecule has 1 aliphatic carbocycles. The van der Waals surface area contributed by atoms with Gasteiger partial charge in [-0.15, -0.1) is 0 Å². The van der Waals surface area contributed by atoms with Gasteiger partial charge in [-0.3, -0.25) is 14.8 Å². The standard InChI is InChI=1S/C18H26N2O3/c1-4-10-20(5-2)17(22)18(3)9-8-13-11-14(16(21)19-23)6-7-15(13)12-18/h6-7,11,23H,4-5,8-10,12H2,1-3H3,(H,19,21). The van der Waals surface area contributed by atoms with Crippen LogP contribution in [0.1, 0.15) is 55.1 Å². The normalized spacial score (nSPS) is 19.8. The van der Waals surface area contributed by atoms with Crippen LogP contribution in [-0.2, 0) is 17.6 Å². The van der Waals surface area contributed by atoms with E-state index in [1.807, 2.05) is 30.9 Å². The minimum absolute atomic E-state index is 0.227. The highest BCUT2D eigenvalue weighted by atomic mass is 16.5. The molecule has 2 amide bonds. The van der Waals surface area contributed by atoms with Gasteiger partial charge in [-0.1, -0.05) is 19.9 Å². The van der Waals surface area contributed by atoms with Crippen molar-refractivity contribution in [3.8, 4) is 0 Å². The highest BCUT2D eigenvalue weighted by molar-refractivity contribution is 5.93. The molecule has 0 bridgehead atoms. The number of carbonyl (C=O) groups is 2. The first-order chi connectivity index (χ1) is 10.9. The van der Waals surface area contributed by atoms with E-state index in [0.717, 1.165) is 43.5 Å². The number of hydroxylamine groups is 1. The van der Waals surface area contributed by atoms with Gasteiger partial charge in [-0.2, -0.15) is 0 Å². The van der Waals surface area contributed by atoms with Crippen molar-refractivity contribution in [1.82, 2.24) is 10.4 Å². The van der Waals surface area contributed by atoms with E-state index in [0.29, 0.717) is 12.0 Å². The zero-order valence-corrected chi connectivity index (χ0v) is 14.2. The number of benzene rings is 1. The van der Waals surface area contributed by atoms with Crippen LogP contribution in [0.4, 0.5) is 0 Å². The SMILES string of the molecule is CCCN(CC)C(=O)C1(C)CCc2cc(C(=O)NO)ccc2C1. The van der Waals surface area contributed by atoms with Crippen LogP contribution in [0.2, 0.25) is 0 Å². The molecule has 0 spiro atoms. The number of amides is 2. The number of rotatable bonds is 5. The van der Waals surface area contributed by atoms with Gasteiger partial charge in [0.1, 0.15) is 0 Å². The van der Waals surface area contributed by atoms with Gasteiger partial charge in [0.25, 0.3) is 5.91 Å². The zero-order valence-electron chi connectivity index (χ0n) is 14.2. The molecule has 0 fully saturated rings. The molecule has 0 aromatic heterocycles. The highest BCUT2D eigenvalue weighted by Crippen LogP contribution is 2.37. The Hall–Kier alpha value is -1.88. The Kier molecular flexibility index (Phi) is 5.42. The summed E-state index contributed by atoms with van der Waals surface area (Å²) < 4.78 is 0. The summed E-state index contributed by atoms with van der Waals surface area (Å²) in [6, 6.07) is 5.42. The molecular weight excluding hydrogens is 292 g/mol. The van der Waals surface area contributed by atoms with E-state index >= 15 is 0 Å². The third-order valence-corrected chi connectivity index (χ3v) is 4.78. The number of aryl methyl sites for hydroxylation is 1. The van der Waals surface area contributed by atoms with Crippen LogP contribution in [-0.4, -0.2) is 35.0 Å². The largest absolute Gasteiger partial charge is 0.343 e. The Morgan fingerprint density at radius 3 is 2.65 bits per heavy atom. The van der Waals surface area contributed by atoms with Crippen molar-refractivity contribution in [1.29, 1.82) is 0 Å². The second kappa shape index (κ2) is 7.13. The monoisotopic (exact) mass is 318 g/mol. The Labute approximate surface area is 137 Å². The molecule has 1 aromatic rings. The first-order valence-corrected chi connectivity index (χ1v) is 8.30. The average Bonchev–Trinajstić information content (AvgIpc) is 2.57. The smallest absolute Gasteiger partial charge is 0.274 e. The summed E-state index contributed by atoms with van der Waals surface area (Å²) in [5.41, 5.74) is 3.94. The zero-order chi connectivity index (χ0) is 17.0. The van der Waals surface area contributed by atoms with E-state index in [-0.39, 0.29) is 11.3 Å². The van der Waals surface area contributed by atoms with E-state index in [1.165, 1.54) is 0 Å². The molecule has 0 aliphatic heterocycles. The maximum atomic E-state index is 12.9. The van der Waals surface area contributed by atoms with Crippen LogP contribution in [0.5, 0.6) is 0 Å². The number of hydrogen-bond acceptors (Lipinski definition) is 3. The lowest BCUT2D eigenvalue weighted by atomic mass is 9.71. The molecule has 0 radical (unpaired) electrons. The number of fused-ring (bicyclic) bond motifs is 1. The number of nitrogens with zero attached hydrogens (tertiary/aromatic N) is 1. The molecule has 0 heterocycles. The predicted octanol–water partition coefficient (Wildman–Crippen LogP) is 2.56. The van der Waals surface area contributed by atoms with Gasteiger partial charge in [0.05, 0.1) is 5.41 Å². The molecule has 1 aliphatic rings. The van der Waals surface area contributed by atoms with Gasteiger partial charge in [0, 0.05) is 18.7 Å². The second-order valence-corrected chi connectivity index (χ2v) is 6.55. The molecular formula is C18H26N2O3. The maximum Gasteiger partial charge on any atom is 0.274 e. The highest BCUT2D eigenvalue weighted by Gasteiger charge is 2.39. The van der Waals surface area contributed by atoms with Gasteiger partial charge < -0.3 is 4.90 Å². The lowest BCUT2D eigenvalue weighted by molar-refractivity contribution is -0.141. The van der Waals surface area contributed by atoms with Crippen molar-refractivity contribution in [3.05, 3.63) is 34.9 Å². The van der Waals surface area contributed by atoms with Gasteiger partial charge in [-0.05, 0) is 55.9 Å². The van der Waals surface area contributed by atoms with Crippen molar-refractivity contribution < 1.29 is 14.8 Å². The van der Waals surface area contributed by atoms with Crippen LogP contribution < -0.4 is 5.48 Å². The lowest BCUT2D eigenvalue weighted by Crippen LogP contribution is -2.45. The molecule has 5 heteroatoms. The summed E-state index contributed by atoms with van der Waals surface area (Å²) in [6.45, 7) is 7.69. The van der Waals surface area contributed by atoms with Crippen molar-refractivity contribution in [3.63, 3.8) is 0 Å². The van der Waals surface area contributed by atoms with Crippen LogP contribution in [0.3, 0.4) is 0 Å². The number of nitrogens with one attached hydrogen (secondary N) is 1. The second-order valence-electron chi connectivity index (χ2n) is 6.55. The average molecular weight is 318 g/mol. The first kappa shape index (κ1) is 17.5. The van der Waals surface area contributed by atoms with E-state index in [9.17, 15) is 9.59 Å².